The molecule has 0 fully saturated rings. The Balaban J connectivity index is 2.18. The third-order valence-corrected chi connectivity index (χ3v) is 3.66. The summed E-state index contributed by atoms with van der Waals surface area (Å²) in [7, 11) is 0. The van der Waals surface area contributed by atoms with Crippen molar-refractivity contribution in [2.24, 2.45) is 0 Å². The molecule has 0 saturated carbocycles. The van der Waals surface area contributed by atoms with Crippen molar-refractivity contribution in [3.05, 3.63) is 70.4 Å². The number of amides is 1. The third kappa shape index (κ3) is 4.12. The van der Waals surface area contributed by atoms with Crippen molar-refractivity contribution in [2.75, 3.05) is 10.6 Å². The van der Waals surface area contributed by atoms with E-state index in [0.29, 0.717) is 10.7 Å². The predicted molar refractivity (Wildman–Crippen MR) is 93.3 cm³/mol. The summed E-state index contributed by atoms with van der Waals surface area (Å²) >= 11 is 6.00. The normalized spacial score (nSPS) is 10.8. The van der Waals surface area contributed by atoms with Gasteiger partial charge in [-0.3, -0.25) is 4.79 Å². The summed E-state index contributed by atoms with van der Waals surface area (Å²) in [6, 6.07) is 14.6. The molecule has 5 heteroatoms. The molecule has 0 aliphatic rings. The van der Waals surface area contributed by atoms with Gasteiger partial charge in [0.25, 0.3) is 5.91 Å². The monoisotopic (exact) mass is 325 g/mol. The predicted octanol–water partition coefficient (Wildman–Crippen LogP) is 4.41. The molecule has 0 aliphatic heterocycles. The van der Waals surface area contributed by atoms with Crippen LogP contribution in [0.4, 0.5) is 11.4 Å². The van der Waals surface area contributed by atoms with Crippen molar-refractivity contribution in [3.8, 4) is 6.07 Å². The van der Waals surface area contributed by atoms with Crippen LogP contribution in [0.15, 0.2) is 54.2 Å². The quantitative estimate of drug-likeness (QED) is 0.646. The van der Waals surface area contributed by atoms with E-state index in [1.165, 1.54) is 6.20 Å². The van der Waals surface area contributed by atoms with E-state index in [9.17, 15) is 10.1 Å². The molecule has 2 aromatic rings. The summed E-state index contributed by atoms with van der Waals surface area (Å²) < 4.78 is 0. The van der Waals surface area contributed by atoms with E-state index in [4.69, 9.17) is 11.6 Å². The van der Waals surface area contributed by atoms with Gasteiger partial charge in [0.1, 0.15) is 11.6 Å². The van der Waals surface area contributed by atoms with Crippen molar-refractivity contribution >= 4 is 28.9 Å². The Morgan fingerprint density at radius 3 is 2.39 bits per heavy atom. The number of benzene rings is 2. The molecule has 0 saturated heterocycles. The summed E-state index contributed by atoms with van der Waals surface area (Å²) in [6.07, 6.45) is 1.40. The van der Waals surface area contributed by atoms with Crippen LogP contribution in [-0.2, 0) is 4.79 Å². The molecule has 23 heavy (non-hydrogen) atoms. The Kier molecular flexibility index (Phi) is 5.40. The number of rotatable bonds is 4. The zero-order chi connectivity index (χ0) is 16.8. The number of para-hydroxylation sites is 2. The number of nitriles is 1. The van der Waals surface area contributed by atoms with Crippen LogP contribution in [0.3, 0.4) is 0 Å². The zero-order valence-corrected chi connectivity index (χ0v) is 13.6. The molecule has 0 heterocycles. The van der Waals surface area contributed by atoms with E-state index in [2.05, 4.69) is 10.6 Å². The van der Waals surface area contributed by atoms with Gasteiger partial charge in [0.2, 0.25) is 0 Å². The minimum absolute atomic E-state index is 0.0347. The molecular formula is C18H16ClN3O. The second-order valence-electron chi connectivity index (χ2n) is 5.01. The van der Waals surface area contributed by atoms with E-state index in [-0.39, 0.29) is 5.57 Å². The van der Waals surface area contributed by atoms with E-state index in [0.717, 1.165) is 16.8 Å². The van der Waals surface area contributed by atoms with Gasteiger partial charge in [-0.2, -0.15) is 5.26 Å². The Hall–Kier alpha value is -2.77. The SMILES string of the molecule is Cc1cccc(C)c1N/C=C(/C#N)C(=O)Nc1ccccc1Cl. The maximum absolute atomic E-state index is 12.2. The van der Waals surface area contributed by atoms with Crippen molar-refractivity contribution in [3.63, 3.8) is 0 Å². The number of nitrogens with zero attached hydrogens (tertiary/aromatic N) is 1. The second kappa shape index (κ2) is 7.48. The fraction of sp³-hybridized carbons (Fsp3) is 0.111. The van der Waals surface area contributed by atoms with Crippen LogP contribution in [-0.4, -0.2) is 5.91 Å². The average Bonchev–Trinajstić information content (AvgIpc) is 2.52. The van der Waals surface area contributed by atoms with Gasteiger partial charge in [0.05, 0.1) is 10.7 Å². The van der Waals surface area contributed by atoms with Crippen LogP contribution in [0, 0.1) is 25.2 Å². The maximum Gasteiger partial charge on any atom is 0.267 e. The molecule has 116 valence electrons. The number of anilines is 2. The lowest BCUT2D eigenvalue weighted by Gasteiger charge is -2.10. The number of aryl methyl sites for hydroxylation is 2. The van der Waals surface area contributed by atoms with E-state index in [1.54, 1.807) is 24.3 Å². The Morgan fingerprint density at radius 1 is 1.13 bits per heavy atom. The molecule has 2 aromatic carbocycles. The third-order valence-electron chi connectivity index (χ3n) is 3.33. The van der Waals surface area contributed by atoms with Gasteiger partial charge in [-0.1, -0.05) is 41.9 Å². The highest BCUT2D eigenvalue weighted by Gasteiger charge is 2.11. The fourth-order valence-corrected chi connectivity index (χ4v) is 2.27. The minimum Gasteiger partial charge on any atom is -0.360 e. The topological polar surface area (TPSA) is 64.9 Å². The molecule has 2 N–H and O–H groups in total. The summed E-state index contributed by atoms with van der Waals surface area (Å²) in [5, 5.41) is 15.3. The molecule has 0 aliphatic carbocycles. The highest BCUT2D eigenvalue weighted by molar-refractivity contribution is 6.33. The molecule has 1 amide bonds. The fourth-order valence-electron chi connectivity index (χ4n) is 2.09. The van der Waals surface area contributed by atoms with Crippen LogP contribution in [0.2, 0.25) is 5.02 Å². The molecule has 4 nitrogen and oxygen atoms in total. The van der Waals surface area contributed by atoms with Crippen LogP contribution in [0.25, 0.3) is 0 Å². The van der Waals surface area contributed by atoms with Crippen molar-refractivity contribution in [2.45, 2.75) is 13.8 Å². The van der Waals surface area contributed by atoms with Crippen LogP contribution in [0.5, 0.6) is 0 Å². The average molecular weight is 326 g/mol. The molecule has 0 unspecified atom stereocenters. The molecule has 0 spiro atoms. The van der Waals surface area contributed by atoms with Gasteiger partial charge in [0, 0.05) is 11.9 Å². The van der Waals surface area contributed by atoms with Crippen molar-refractivity contribution in [1.82, 2.24) is 0 Å². The van der Waals surface area contributed by atoms with Crippen molar-refractivity contribution < 1.29 is 4.79 Å². The lowest BCUT2D eigenvalue weighted by molar-refractivity contribution is -0.112. The Labute approximate surface area is 140 Å². The Bertz CT molecular complexity index is 786. The number of halogens is 1. The molecular weight excluding hydrogens is 310 g/mol. The highest BCUT2D eigenvalue weighted by atomic mass is 35.5. The summed E-state index contributed by atoms with van der Waals surface area (Å²) in [5.41, 5.74) is 3.38. The van der Waals surface area contributed by atoms with E-state index < -0.39 is 5.91 Å². The van der Waals surface area contributed by atoms with Crippen LogP contribution >= 0.6 is 11.6 Å². The Morgan fingerprint density at radius 2 is 1.78 bits per heavy atom. The maximum atomic E-state index is 12.2. The number of carbonyl (C=O) groups excluding carboxylic acids is 1. The van der Waals surface area contributed by atoms with E-state index in [1.807, 2.05) is 38.1 Å². The van der Waals surface area contributed by atoms with Gasteiger partial charge < -0.3 is 10.6 Å². The largest absolute Gasteiger partial charge is 0.360 e. The molecule has 0 radical (unpaired) electrons. The number of hydrogen-bond donors (Lipinski definition) is 2. The molecule has 0 atom stereocenters. The summed E-state index contributed by atoms with van der Waals surface area (Å²) in [4.78, 5) is 12.2. The second-order valence-corrected chi connectivity index (χ2v) is 5.42. The van der Waals surface area contributed by atoms with E-state index >= 15 is 0 Å². The van der Waals surface area contributed by atoms with Gasteiger partial charge >= 0.3 is 0 Å². The number of carbonyl (C=O) groups is 1. The number of nitrogens with one attached hydrogen (secondary N) is 2. The van der Waals surface area contributed by atoms with Gasteiger partial charge in [-0.15, -0.1) is 0 Å². The first kappa shape index (κ1) is 16.6. The lowest BCUT2D eigenvalue weighted by atomic mass is 10.1. The van der Waals surface area contributed by atoms with Crippen molar-refractivity contribution in [1.29, 1.82) is 5.26 Å². The summed E-state index contributed by atoms with van der Waals surface area (Å²) in [5.74, 6) is -0.515. The minimum atomic E-state index is -0.515. The molecule has 2 rings (SSSR count). The first-order chi connectivity index (χ1) is 11.0. The smallest absolute Gasteiger partial charge is 0.267 e. The molecule has 0 bridgehead atoms. The van der Waals surface area contributed by atoms with Gasteiger partial charge in [-0.05, 0) is 37.1 Å². The van der Waals surface area contributed by atoms with Gasteiger partial charge in [0.15, 0.2) is 0 Å². The van der Waals surface area contributed by atoms with Gasteiger partial charge in [-0.25, -0.2) is 0 Å². The molecule has 0 aromatic heterocycles. The highest BCUT2D eigenvalue weighted by Crippen LogP contribution is 2.22. The standard InChI is InChI=1S/C18H16ClN3O/c1-12-6-5-7-13(2)17(12)21-11-14(10-20)18(23)22-16-9-4-3-8-15(16)19/h3-9,11,21H,1-2H3,(H,22,23)/b14-11-. The zero-order valence-electron chi connectivity index (χ0n) is 12.9. The van der Waals surface area contributed by atoms with Crippen LogP contribution in [0.1, 0.15) is 11.1 Å². The first-order valence-corrected chi connectivity index (χ1v) is 7.39. The summed E-state index contributed by atoms with van der Waals surface area (Å²) in [6.45, 7) is 3.91. The number of hydrogen-bond acceptors (Lipinski definition) is 3. The lowest BCUT2D eigenvalue weighted by Crippen LogP contribution is -2.15. The first-order valence-electron chi connectivity index (χ1n) is 7.02. The van der Waals surface area contributed by atoms with Crippen LogP contribution < -0.4 is 10.6 Å².